The zero-order chi connectivity index (χ0) is 24.8. The van der Waals surface area contributed by atoms with Gasteiger partial charge in [-0.3, -0.25) is 9.59 Å². The SMILES string of the molecule is O=C(NCCCn1ccnc1)C1=CN2C3CCC(O)CC3OC3C(NCC4CC4)C(F)CC(C1=O)C32. The van der Waals surface area contributed by atoms with Crippen LogP contribution in [0.1, 0.15) is 44.9 Å². The number of nitrogens with zero attached hydrogens (tertiary/aromatic N) is 3. The van der Waals surface area contributed by atoms with Crippen molar-refractivity contribution in [2.75, 3.05) is 13.1 Å². The molecule has 1 aromatic rings. The van der Waals surface area contributed by atoms with Crippen LogP contribution in [-0.2, 0) is 20.9 Å². The van der Waals surface area contributed by atoms with Gasteiger partial charge in [0.15, 0.2) is 5.78 Å². The minimum atomic E-state index is -1.23. The van der Waals surface area contributed by atoms with Gasteiger partial charge in [-0.05, 0) is 51.0 Å². The van der Waals surface area contributed by atoms with Crippen LogP contribution in [0.15, 0.2) is 30.5 Å². The van der Waals surface area contributed by atoms with Gasteiger partial charge in [-0.15, -0.1) is 0 Å². The largest absolute Gasteiger partial charge is 0.393 e. The molecule has 0 aromatic carbocycles. The smallest absolute Gasteiger partial charge is 0.256 e. The number of halogens is 1. The molecule has 4 fully saturated rings. The molecular formula is C26H36FN5O4. The normalized spacial score (nSPS) is 37.7. The quantitative estimate of drug-likeness (QED) is 0.359. The summed E-state index contributed by atoms with van der Waals surface area (Å²) in [6.07, 6.45) is 9.57. The predicted octanol–water partition coefficient (Wildman–Crippen LogP) is 0.934. The number of hydrogen-bond acceptors (Lipinski definition) is 7. The number of nitrogens with one attached hydrogen (secondary N) is 2. The minimum Gasteiger partial charge on any atom is -0.393 e. The number of imidazole rings is 1. The number of hydrogen-bond donors (Lipinski definition) is 3. The number of aliphatic hydroxyl groups is 1. The molecule has 1 saturated heterocycles. The number of aromatic nitrogens is 2. The van der Waals surface area contributed by atoms with Gasteiger partial charge < -0.3 is 29.9 Å². The van der Waals surface area contributed by atoms with E-state index in [1.165, 1.54) is 12.8 Å². The molecule has 3 N–H and O–H groups in total. The second-order valence-corrected chi connectivity index (χ2v) is 11.2. The fourth-order valence-electron chi connectivity index (χ4n) is 6.59. The van der Waals surface area contributed by atoms with Gasteiger partial charge >= 0.3 is 0 Å². The molecule has 0 radical (unpaired) electrons. The maximum Gasteiger partial charge on any atom is 0.256 e. The summed E-state index contributed by atoms with van der Waals surface area (Å²) in [4.78, 5) is 32.8. The Labute approximate surface area is 210 Å². The molecule has 6 rings (SSSR count). The number of alkyl halides is 1. The van der Waals surface area contributed by atoms with Crippen molar-refractivity contribution in [3.05, 3.63) is 30.5 Å². The number of aryl methyl sites for hydroxylation is 1. The minimum absolute atomic E-state index is 0.0328. The third kappa shape index (κ3) is 4.59. The molecule has 0 bridgehead atoms. The van der Waals surface area contributed by atoms with Crippen LogP contribution in [0.25, 0.3) is 0 Å². The molecule has 196 valence electrons. The second-order valence-electron chi connectivity index (χ2n) is 11.2. The van der Waals surface area contributed by atoms with Crippen molar-refractivity contribution in [1.82, 2.24) is 25.1 Å². The number of amides is 1. The summed E-state index contributed by atoms with van der Waals surface area (Å²) in [5.74, 6) is -0.706. The Bertz CT molecular complexity index is 998. The third-order valence-electron chi connectivity index (χ3n) is 8.66. The van der Waals surface area contributed by atoms with E-state index in [1.807, 2.05) is 10.8 Å². The summed E-state index contributed by atoms with van der Waals surface area (Å²) in [7, 11) is 0. The first-order valence-electron chi connectivity index (χ1n) is 13.5. The molecule has 10 heteroatoms. The lowest BCUT2D eigenvalue weighted by Crippen LogP contribution is -2.73. The highest BCUT2D eigenvalue weighted by atomic mass is 19.1. The van der Waals surface area contributed by atoms with E-state index < -0.39 is 36.2 Å². The number of fused-ring (bicyclic) bond motifs is 2. The van der Waals surface area contributed by atoms with Crippen molar-refractivity contribution < 1.29 is 23.8 Å². The lowest BCUT2D eigenvalue weighted by molar-refractivity contribution is -0.205. The number of rotatable bonds is 8. The average Bonchev–Trinajstić information content (AvgIpc) is 3.54. The van der Waals surface area contributed by atoms with Gasteiger partial charge in [0.2, 0.25) is 0 Å². The molecule has 1 aromatic heterocycles. The number of carbonyl (C=O) groups excluding carboxylic acids is 2. The molecule has 3 heterocycles. The number of ketones is 1. The molecule has 0 spiro atoms. The summed E-state index contributed by atoms with van der Waals surface area (Å²) in [6, 6.07) is -0.820. The fraction of sp³-hybridized carbons (Fsp3) is 0.731. The summed E-state index contributed by atoms with van der Waals surface area (Å²) in [6.45, 7) is 1.90. The van der Waals surface area contributed by atoms with Gasteiger partial charge in [0.25, 0.3) is 5.91 Å². The first kappa shape index (κ1) is 24.1. The molecule has 3 aliphatic carbocycles. The summed E-state index contributed by atoms with van der Waals surface area (Å²) < 4.78 is 24.0. The average molecular weight is 502 g/mol. The van der Waals surface area contributed by atoms with Gasteiger partial charge in [0, 0.05) is 44.0 Å². The lowest BCUT2D eigenvalue weighted by Gasteiger charge is -2.59. The Morgan fingerprint density at radius 1 is 1.25 bits per heavy atom. The second kappa shape index (κ2) is 9.87. The zero-order valence-corrected chi connectivity index (χ0v) is 20.5. The molecule has 1 amide bonds. The Morgan fingerprint density at radius 3 is 2.89 bits per heavy atom. The Kier molecular flexibility index (Phi) is 6.60. The highest BCUT2D eigenvalue weighted by molar-refractivity contribution is 6.20. The molecule has 2 aliphatic heterocycles. The van der Waals surface area contributed by atoms with E-state index in [0.29, 0.717) is 44.7 Å². The number of Topliss-reactive ketones (excluding diaryl/α,β-unsaturated/α-hetero) is 1. The summed E-state index contributed by atoms with van der Waals surface area (Å²) >= 11 is 0. The van der Waals surface area contributed by atoms with E-state index in [2.05, 4.69) is 20.5 Å². The first-order valence-corrected chi connectivity index (χ1v) is 13.5. The van der Waals surface area contributed by atoms with Gasteiger partial charge in [-0.1, -0.05) is 0 Å². The first-order chi connectivity index (χ1) is 17.5. The van der Waals surface area contributed by atoms with E-state index in [0.717, 1.165) is 6.54 Å². The maximum absolute atomic E-state index is 15.6. The highest BCUT2D eigenvalue weighted by Crippen LogP contribution is 2.45. The van der Waals surface area contributed by atoms with Gasteiger partial charge in [0.1, 0.15) is 6.17 Å². The standard InChI is InChI=1S/C26H36FN5O4/c27-19-11-17-23-25(22(19)30-12-15-2-3-15)36-21-10-16(33)4-5-20(21)32(23)13-18(24(17)34)26(35)29-6-1-8-31-9-7-28-14-31/h7,9,13-17,19-23,25,30,33H,1-6,8,10-12H2,(H,29,35). The van der Waals surface area contributed by atoms with Crippen molar-refractivity contribution in [3.8, 4) is 0 Å². The Hall–Kier alpha value is -2.30. The predicted molar refractivity (Wildman–Crippen MR) is 128 cm³/mol. The van der Waals surface area contributed by atoms with Crippen molar-refractivity contribution >= 4 is 11.7 Å². The fourth-order valence-corrected chi connectivity index (χ4v) is 6.59. The van der Waals surface area contributed by atoms with Crippen molar-refractivity contribution in [1.29, 1.82) is 0 Å². The van der Waals surface area contributed by atoms with Gasteiger partial charge in [-0.25, -0.2) is 9.37 Å². The Balaban J connectivity index is 1.22. The maximum atomic E-state index is 15.6. The van der Waals surface area contributed by atoms with Crippen LogP contribution in [0.3, 0.4) is 0 Å². The molecule has 36 heavy (non-hydrogen) atoms. The number of morpholine rings is 1. The molecule has 5 aliphatic rings. The highest BCUT2D eigenvalue weighted by Gasteiger charge is 2.58. The van der Waals surface area contributed by atoms with Crippen LogP contribution < -0.4 is 10.6 Å². The van der Waals surface area contributed by atoms with Crippen molar-refractivity contribution in [2.24, 2.45) is 11.8 Å². The summed E-state index contributed by atoms with van der Waals surface area (Å²) in [5.41, 5.74) is 0.112. The molecule has 8 unspecified atom stereocenters. The molecule has 3 saturated carbocycles. The van der Waals surface area contributed by atoms with Gasteiger partial charge in [0.05, 0.1) is 48.3 Å². The van der Waals surface area contributed by atoms with Crippen LogP contribution >= 0.6 is 0 Å². The van der Waals surface area contributed by atoms with Crippen LogP contribution in [0.5, 0.6) is 0 Å². The van der Waals surface area contributed by atoms with Crippen LogP contribution in [-0.4, -0.2) is 86.9 Å². The van der Waals surface area contributed by atoms with E-state index in [1.54, 1.807) is 18.7 Å². The van der Waals surface area contributed by atoms with E-state index in [4.69, 9.17) is 4.74 Å². The zero-order valence-electron chi connectivity index (χ0n) is 20.5. The number of aliphatic hydroxyl groups excluding tert-OH is 1. The molecular weight excluding hydrogens is 465 g/mol. The van der Waals surface area contributed by atoms with Gasteiger partial charge in [-0.2, -0.15) is 0 Å². The Morgan fingerprint density at radius 2 is 2.11 bits per heavy atom. The summed E-state index contributed by atoms with van der Waals surface area (Å²) in [5, 5.41) is 16.6. The van der Waals surface area contributed by atoms with Crippen LogP contribution in [0.2, 0.25) is 0 Å². The van der Waals surface area contributed by atoms with E-state index >= 15 is 4.39 Å². The van der Waals surface area contributed by atoms with Crippen LogP contribution in [0.4, 0.5) is 4.39 Å². The van der Waals surface area contributed by atoms with Crippen molar-refractivity contribution in [3.63, 3.8) is 0 Å². The van der Waals surface area contributed by atoms with E-state index in [-0.39, 0.29) is 36.0 Å². The molecule has 8 atom stereocenters. The molecule has 9 nitrogen and oxygen atoms in total. The monoisotopic (exact) mass is 501 g/mol. The topological polar surface area (TPSA) is 109 Å². The number of carbonyl (C=O) groups is 2. The van der Waals surface area contributed by atoms with Crippen LogP contribution in [0, 0.1) is 11.8 Å². The lowest BCUT2D eigenvalue weighted by atomic mass is 9.69. The number of ether oxygens (including phenoxy) is 1. The third-order valence-corrected chi connectivity index (χ3v) is 8.66. The van der Waals surface area contributed by atoms with Crippen molar-refractivity contribution in [2.45, 2.75) is 94.1 Å². The van der Waals surface area contributed by atoms with E-state index in [9.17, 15) is 14.7 Å².